The predicted octanol–water partition coefficient (Wildman–Crippen LogP) is 2.85. The largest absolute Gasteiger partial charge is 0.481 e. The molecule has 4 rings (SSSR count). The lowest BCUT2D eigenvalue weighted by Crippen LogP contribution is -2.51. The maximum Gasteiger partial charge on any atom is 0.255 e. The van der Waals surface area contributed by atoms with Gasteiger partial charge in [0, 0.05) is 49.1 Å². The summed E-state index contributed by atoms with van der Waals surface area (Å²) in [5.41, 5.74) is 1.73. The van der Waals surface area contributed by atoms with Crippen LogP contribution in [0, 0.1) is 5.92 Å². The summed E-state index contributed by atoms with van der Waals surface area (Å²) in [6.45, 7) is 3.48. The second-order valence-corrected chi connectivity index (χ2v) is 7.51. The van der Waals surface area contributed by atoms with Crippen LogP contribution in [0.15, 0.2) is 41.3 Å². The van der Waals surface area contributed by atoms with Crippen LogP contribution in [0.3, 0.4) is 0 Å². The van der Waals surface area contributed by atoms with Gasteiger partial charge in [0.25, 0.3) is 11.5 Å². The number of fused-ring (bicyclic) bond motifs is 4. The maximum absolute atomic E-state index is 13.1. The van der Waals surface area contributed by atoms with Crippen molar-refractivity contribution in [2.45, 2.75) is 38.1 Å². The summed E-state index contributed by atoms with van der Waals surface area (Å²) in [6.07, 6.45) is 4.59. The Morgan fingerprint density at radius 2 is 2.11 bits per heavy atom. The third-order valence-electron chi connectivity index (χ3n) is 5.86. The number of ether oxygens (including phenoxy) is 1. The summed E-state index contributed by atoms with van der Waals surface area (Å²) in [6, 6.07) is 9.19. The van der Waals surface area contributed by atoms with E-state index in [0.717, 1.165) is 25.0 Å². The van der Waals surface area contributed by atoms with Gasteiger partial charge in [-0.25, -0.2) is 4.98 Å². The van der Waals surface area contributed by atoms with Crippen LogP contribution < -0.4 is 10.3 Å². The molecule has 0 radical (unpaired) electrons. The summed E-state index contributed by atoms with van der Waals surface area (Å²) in [5.74, 6) is 1.02. The van der Waals surface area contributed by atoms with Crippen molar-refractivity contribution in [3.05, 3.63) is 58.1 Å². The average molecular weight is 367 g/mol. The van der Waals surface area contributed by atoms with Crippen molar-refractivity contribution in [1.82, 2.24) is 14.5 Å². The fourth-order valence-corrected chi connectivity index (χ4v) is 4.68. The zero-order valence-corrected chi connectivity index (χ0v) is 15.8. The first kappa shape index (κ1) is 17.8. The first-order valence-corrected chi connectivity index (χ1v) is 9.63. The quantitative estimate of drug-likeness (QED) is 0.834. The number of methoxy groups -OCH3 is 1. The molecule has 0 aromatic carbocycles. The first-order valence-electron chi connectivity index (χ1n) is 9.63. The lowest BCUT2D eigenvalue weighted by molar-refractivity contribution is 0.0518. The molecule has 1 fully saturated rings. The molecule has 1 amide bonds. The Labute approximate surface area is 158 Å². The molecule has 1 saturated heterocycles. The molecule has 3 atom stereocenters. The molecule has 0 aliphatic carbocycles. The van der Waals surface area contributed by atoms with E-state index in [2.05, 4.69) is 11.9 Å². The van der Waals surface area contributed by atoms with E-state index in [1.807, 2.05) is 21.6 Å². The summed E-state index contributed by atoms with van der Waals surface area (Å²) < 4.78 is 7.08. The van der Waals surface area contributed by atoms with Gasteiger partial charge in [0.05, 0.1) is 12.7 Å². The van der Waals surface area contributed by atoms with Crippen molar-refractivity contribution >= 4 is 5.91 Å². The van der Waals surface area contributed by atoms with Crippen molar-refractivity contribution in [2.75, 3.05) is 20.2 Å². The molecule has 0 saturated carbocycles. The molecular formula is C21H25N3O3. The van der Waals surface area contributed by atoms with Crippen LogP contribution >= 0.6 is 0 Å². The van der Waals surface area contributed by atoms with Crippen LogP contribution in [-0.2, 0) is 0 Å². The Bertz CT molecular complexity index is 890. The summed E-state index contributed by atoms with van der Waals surface area (Å²) in [7, 11) is 1.56. The van der Waals surface area contributed by atoms with Gasteiger partial charge in [-0.2, -0.15) is 0 Å². The molecule has 2 aromatic heterocycles. The van der Waals surface area contributed by atoms with Gasteiger partial charge in [-0.3, -0.25) is 9.59 Å². The van der Waals surface area contributed by atoms with Crippen molar-refractivity contribution in [3.8, 4) is 5.88 Å². The van der Waals surface area contributed by atoms with E-state index >= 15 is 0 Å². The number of carbonyl (C=O) groups is 1. The summed E-state index contributed by atoms with van der Waals surface area (Å²) in [4.78, 5) is 31.7. The fourth-order valence-electron chi connectivity index (χ4n) is 4.68. The third kappa shape index (κ3) is 3.13. The molecular weight excluding hydrogens is 342 g/mol. The minimum absolute atomic E-state index is 0.00169. The lowest BCUT2D eigenvalue weighted by Gasteiger charge is -2.47. The standard InChI is InChI=1S/C21H25N3O3/c1-3-5-17-15-10-16(18-6-4-7-20(25)24(17)18)13-23(12-15)21(26)14-8-9-19(27-2)22-11-14/h4,6-9,11,15-17H,3,5,10,12-13H2,1-2H3/t15-,16+,17-/m0/s1. The zero-order valence-electron chi connectivity index (χ0n) is 15.8. The van der Waals surface area contributed by atoms with Gasteiger partial charge in [0.2, 0.25) is 5.88 Å². The molecule has 142 valence electrons. The Hall–Kier alpha value is -2.63. The minimum atomic E-state index is 0.00169. The number of rotatable bonds is 4. The van der Waals surface area contributed by atoms with Gasteiger partial charge in [0.1, 0.15) is 0 Å². The summed E-state index contributed by atoms with van der Waals surface area (Å²) >= 11 is 0. The van der Waals surface area contributed by atoms with Crippen LogP contribution in [0.2, 0.25) is 0 Å². The molecule has 2 aliphatic heterocycles. The van der Waals surface area contributed by atoms with Crippen molar-refractivity contribution in [2.24, 2.45) is 5.92 Å². The Kier molecular flexibility index (Phi) is 4.72. The van der Waals surface area contributed by atoms with E-state index in [1.165, 1.54) is 0 Å². The van der Waals surface area contributed by atoms with Gasteiger partial charge in [-0.1, -0.05) is 19.4 Å². The number of hydrogen-bond acceptors (Lipinski definition) is 4. The normalized spacial score (nSPS) is 23.6. The lowest BCUT2D eigenvalue weighted by atomic mass is 9.77. The maximum atomic E-state index is 13.1. The van der Waals surface area contributed by atoms with E-state index in [-0.39, 0.29) is 23.4 Å². The molecule has 6 heteroatoms. The van der Waals surface area contributed by atoms with Crippen molar-refractivity contribution < 1.29 is 9.53 Å². The Morgan fingerprint density at radius 1 is 1.26 bits per heavy atom. The molecule has 2 bridgehead atoms. The number of amides is 1. The van der Waals surface area contributed by atoms with Crippen molar-refractivity contribution in [3.63, 3.8) is 0 Å². The number of hydrogen-bond donors (Lipinski definition) is 0. The number of carbonyl (C=O) groups excluding carboxylic acids is 1. The Morgan fingerprint density at radius 3 is 2.81 bits per heavy atom. The van der Waals surface area contributed by atoms with Gasteiger partial charge in [-0.05, 0) is 30.9 Å². The van der Waals surface area contributed by atoms with Gasteiger partial charge < -0.3 is 14.2 Å². The minimum Gasteiger partial charge on any atom is -0.481 e. The van der Waals surface area contributed by atoms with Gasteiger partial charge in [-0.15, -0.1) is 0 Å². The van der Waals surface area contributed by atoms with E-state index in [1.54, 1.807) is 31.5 Å². The first-order chi connectivity index (χ1) is 13.1. The molecule has 27 heavy (non-hydrogen) atoms. The monoisotopic (exact) mass is 367 g/mol. The highest BCUT2D eigenvalue weighted by molar-refractivity contribution is 5.94. The third-order valence-corrected chi connectivity index (χ3v) is 5.86. The Balaban J connectivity index is 1.65. The number of likely N-dealkylation sites (tertiary alicyclic amines) is 1. The fraction of sp³-hybridized carbons (Fsp3) is 0.476. The van der Waals surface area contributed by atoms with Gasteiger partial charge in [0.15, 0.2) is 0 Å². The predicted molar refractivity (Wildman–Crippen MR) is 102 cm³/mol. The molecule has 0 spiro atoms. The molecule has 2 aliphatic rings. The van der Waals surface area contributed by atoms with E-state index in [9.17, 15) is 9.59 Å². The number of aromatic nitrogens is 2. The highest BCUT2D eigenvalue weighted by atomic mass is 16.5. The van der Waals surface area contributed by atoms with Crippen molar-refractivity contribution in [1.29, 1.82) is 0 Å². The van der Waals surface area contributed by atoms with Gasteiger partial charge >= 0.3 is 0 Å². The van der Waals surface area contributed by atoms with Crippen LogP contribution in [0.4, 0.5) is 0 Å². The van der Waals surface area contributed by atoms with Crippen LogP contribution in [0.1, 0.15) is 54.2 Å². The SMILES string of the molecule is CCC[C@H]1[C@H]2C[C@H](CN(C(=O)c3ccc(OC)nc3)C2)c2cccc(=O)n21. The van der Waals surface area contributed by atoms with E-state index in [4.69, 9.17) is 4.74 Å². The van der Waals surface area contributed by atoms with Crippen LogP contribution in [0.5, 0.6) is 5.88 Å². The highest BCUT2D eigenvalue weighted by Gasteiger charge is 2.41. The summed E-state index contributed by atoms with van der Waals surface area (Å²) in [5, 5.41) is 0. The second-order valence-electron chi connectivity index (χ2n) is 7.51. The van der Waals surface area contributed by atoms with Crippen LogP contribution in [-0.4, -0.2) is 40.6 Å². The molecule has 0 unspecified atom stereocenters. The van der Waals surface area contributed by atoms with E-state index < -0.39 is 0 Å². The number of nitrogens with zero attached hydrogens (tertiary/aromatic N) is 3. The topological polar surface area (TPSA) is 64.4 Å². The molecule has 0 N–H and O–H groups in total. The number of pyridine rings is 2. The number of piperidine rings is 1. The molecule has 2 aromatic rings. The zero-order chi connectivity index (χ0) is 19.0. The molecule has 6 nitrogen and oxygen atoms in total. The second kappa shape index (κ2) is 7.18. The van der Waals surface area contributed by atoms with E-state index in [0.29, 0.717) is 30.5 Å². The average Bonchev–Trinajstić information content (AvgIpc) is 2.70. The highest BCUT2D eigenvalue weighted by Crippen LogP contribution is 2.43. The van der Waals surface area contributed by atoms with Crippen LogP contribution in [0.25, 0.3) is 0 Å². The molecule has 4 heterocycles. The smallest absolute Gasteiger partial charge is 0.255 e.